The van der Waals surface area contributed by atoms with Crippen LogP contribution in [-0.4, -0.2) is 15.3 Å². The first-order valence-corrected chi connectivity index (χ1v) is 5.51. The molecule has 1 heterocycles. The molecule has 0 spiro atoms. The van der Waals surface area contributed by atoms with Gasteiger partial charge in [0.25, 0.3) is 0 Å². The van der Waals surface area contributed by atoms with Gasteiger partial charge in [-0.15, -0.1) is 0 Å². The molecule has 1 aromatic heterocycles. The van der Waals surface area contributed by atoms with E-state index in [0.29, 0.717) is 0 Å². The van der Waals surface area contributed by atoms with Crippen LogP contribution in [0.1, 0.15) is 46.6 Å². The van der Waals surface area contributed by atoms with Crippen molar-refractivity contribution in [3.8, 4) is 0 Å². The van der Waals surface area contributed by atoms with Gasteiger partial charge >= 0.3 is 0 Å². The third kappa shape index (κ3) is 4.04. The minimum Gasteiger partial charge on any atom is -0.326 e. The smallest absolute Gasteiger partial charge is 0.0543 e. The Balaban J connectivity index is 2.62. The third-order valence-corrected chi connectivity index (χ3v) is 2.38. The van der Waals surface area contributed by atoms with Crippen LogP contribution < -0.4 is 5.73 Å². The van der Waals surface area contributed by atoms with Gasteiger partial charge in [-0.05, 0) is 53.0 Å². The predicted molar refractivity (Wildman–Crippen MR) is 63.8 cm³/mol. The molecule has 0 amide bonds. The lowest BCUT2D eigenvalue weighted by Crippen LogP contribution is -2.32. The number of hydrogen-bond acceptors (Lipinski definition) is 2. The second-order valence-electron chi connectivity index (χ2n) is 5.95. The lowest BCUT2D eigenvalue weighted by molar-refractivity contribution is 0.355. The van der Waals surface area contributed by atoms with Gasteiger partial charge in [0.05, 0.1) is 11.7 Å². The first kappa shape index (κ1) is 12.2. The Hall–Kier alpha value is -0.830. The molecule has 0 aliphatic carbocycles. The fraction of sp³-hybridized carbons (Fsp3) is 0.750. The third-order valence-electron chi connectivity index (χ3n) is 2.38. The van der Waals surface area contributed by atoms with Crippen LogP contribution in [0.4, 0.5) is 0 Å². The van der Waals surface area contributed by atoms with Gasteiger partial charge in [-0.3, -0.25) is 4.68 Å². The average molecular weight is 209 g/mol. The summed E-state index contributed by atoms with van der Waals surface area (Å²) in [5, 5.41) is 4.36. The number of aryl methyl sites for hydroxylation is 1. The molecule has 0 radical (unpaired) electrons. The van der Waals surface area contributed by atoms with Crippen molar-refractivity contribution in [3.05, 3.63) is 18.0 Å². The van der Waals surface area contributed by atoms with Crippen molar-refractivity contribution in [2.45, 2.75) is 58.5 Å². The first-order chi connectivity index (χ1) is 6.68. The van der Waals surface area contributed by atoms with E-state index in [1.165, 1.54) is 5.56 Å². The van der Waals surface area contributed by atoms with Crippen molar-refractivity contribution in [3.63, 3.8) is 0 Å². The zero-order chi connectivity index (χ0) is 11.7. The van der Waals surface area contributed by atoms with E-state index >= 15 is 0 Å². The molecule has 1 rings (SSSR count). The van der Waals surface area contributed by atoms with Crippen LogP contribution in [0.2, 0.25) is 0 Å². The molecule has 3 nitrogen and oxygen atoms in total. The van der Waals surface area contributed by atoms with E-state index in [4.69, 9.17) is 5.73 Å². The van der Waals surface area contributed by atoms with Crippen molar-refractivity contribution in [1.82, 2.24) is 9.78 Å². The monoisotopic (exact) mass is 209 g/mol. The molecular weight excluding hydrogens is 186 g/mol. The van der Waals surface area contributed by atoms with Crippen LogP contribution in [0.15, 0.2) is 12.4 Å². The number of nitrogens with zero attached hydrogens (tertiary/aromatic N) is 2. The minimum atomic E-state index is -0.0934. The molecule has 86 valence electrons. The van der Waals surface area contributed by atoms with Crippen molar-refractivity contribution < 1.29 is 0 Å². The number of hydrogen-bond donors (Lipinski definition) is 1. The Bertz CT molecular complexity index is 312. The molecular formula is C12H23N3. The topological polar surface area (TPSA) is 43.8 Å². The zero-order valence-electron chi connectivity index (χ0n) is 10.5. The van der Waals surface area contributed by atoms with Crippen LogP contribution in [0.25, 0.3) is 0 Å². The van der Waals surface area contributed by atoms with Gasteiger partial charge in [-0.1, -0.05) is 0 Å². The number of aromatic nitrogens is 2. The maximum absolute atomic E-state index is 5.95. The molecule has 0 bridgehead atoms. The number of nitrogens with two attached hydrogens (primary N) is 1. The molecule has 0 aromatic carbocycles. The summed E-state index contributed by atoms with van der Waals surface area (Å²) in [5.41, 5.74) is 7.19. The molecule has 1 aromatic rings. The standard InChI is InChI=1S/C12H23N3/c1-11(2,3)15-9-10(8-14-15)6-7-12(4,5)13/h8-9H,6-7,13H2,1-5H3. The van der Waals surface area contributed by atoms with Crippen molar-refractivity contribution in [2.24, 2.45) is 5.73 Å². The van der Waals surface area contributed by atoms with Gasteiger partial charge in [0.1, 0.15) is 0 Å². The van der Waals surface area contributed by atoms with Crippen LogP contribution in [-0.2, 0) is 12.0 Å². The molecule has 0 saturated heterocycles. The van der Waals surface area contributed by atoms with Gasteiger partial charge in [0, 0.05) is 11.7 Å². The maximum Gasteiger partial charge on any atom is 0.0543 e. The summed E-state index contributed by atoms with van der Waals surface area (Å²) in [6.07, 6.45) is 6.05. The highest BCUT2D eigenvalue weighted by atomic mass is 15.3. The SMILES string of the molecule is CC(C)(N)CCc1cnn(C(C)(C)C)c1. The fourth-order valence-electron chi connectivity index (χ4n) is 1.32. The first-order valence-electron chi connectivity index (χ1n) is 5.51. The average Bonchev–Trinajstić information content (AvgIpc) is 2.45. The van der Waals surface area contributed by atoms with E-state index in [1.807, 2.05) is 10.9 Å². The second kappa shape index (κ2) is 3.97. The predicted octanol–water partition coefficient (Wildman–Crippen LogP) is 2.31. The minimum absolute atomic E-state index is 0.0660. The molecule has 2 N–H and O–H groups in total. The Morgan fingerprint density at radius 3 is 2.27 bits per heavy atom. The highest BCUT2D eigenvalue weighted by Gasteiger charge is 2.15. The summed E-state index contributed by atoms with van der Waals surface area (Å²) in [5.74, 6) is 0. The zero-order valence-corrected chi connectivity index (χ0v) is 10.5. The van der Waals surface area contributed by atoms with E-state index in [1.54, 1.807) is 0 Å². The van der Waals surface area contributed by atoms with Crippen LogP contribution >= 0.6 is 0 Å². The van der Waals surface area contributed by atoms with Gasteiger partial charge in [0.15, 0.2) is 0 Å². The van der Waals surface area contributed by atoms with Crippen LogP contribution in [0.3, 0.4) is 0 Å². The van der Waals surface area contributed by atoms with Gasteiger partial charge in [0.2, 0.25) is 0 Å². The van der Waals surface area contributed by atoms with E-state index in [-0.39, 0.29) is 11.1 Å². The summed E-state index contributed by atoms with van der Waals surface area (Å²) in [7, 11) is 0. The molecule has 0 saturated carbocycles. The Morgan fingerprint density at radius 2 is 1.87 bits per heavy atom. The largest absolute Gasteiger partial charge is 0.326 e. The lowest BCUT2D eigenvalue weighted by atomic mass is 9.98. The molecule has 0 atom stereocenters. The molecule has 0 unspecified atom stereocenters. The van der Waals surface area contributed by atoms with E-state index in [2.05, 4.69) is 45.9 Å². The van der Waals surface area contributed by atoms with Gasteiger partial charge in [-0.2, -0.15) is 5.10 Å². The summed E-state index contributed by atoms with van der Waals surface area (Å²) in [6.45, 7) is 10.6. The van der Waals surface area contributed by atoms with Crippen molar-refractivity contribution in [2.75, 3.05) is 0 Å². The normalized spacial score (nSPS) is 13.2. The lowest BCUT2D eigenvalue weighted by Gasteiger charge is -2.19. The van der Waals surface area contributed by atoms with E-state index in [9.17, 15) is 0 Å². The molecule has 0 fully saturated rings. The van der Waals surface area contributed by atoms with Crippen molar-refractivity contribution >= 4 is 0 Å². The summed E-state index contributed by atoms with van der Waals surface area (Å²) < 4.78 is 2.01. The summed E-state index contributed by atoms with van der Waals surface area (Å²) in [4.78, 5) is 0. The summed E-state index contributed by atoms with van der Waals surface area (Å²) >= 11 is 0. The van der Waals surface area contributed by atoms with Crippen LogP contribution in [0.5, 0.6) is 0 Å². The molecule has 0 aliphatic heterocycles. The van der Waals surface area contributed by atoms with Crippen LogP contribution in [0, 0.1) is 0 Å². The summed E-state index contributed by atoms with van der Waals surface area (Å²) in [6, 6.07) is 0. The molecule has 15 heavy (non-hydrogen) atoms. The number of rotatable bonds is 3. The Labute approximate surface area is 92.7 Å². The molecule has 0 aliphatic rings. The quantitative estimate of drug-likeness (QED) is 0.830. The van der Waals surface area contributed by atoms with Crippen molar-refractivity contribution in [1.29, 1.82) is 0 Å². The highest BCUT2D eigenvalue weighted by Crippen LogP contribution is 2.15. The Kier molecular flexibility index (Phi) is 3.24. The van der Waals surface area contributed by atoms with E-state index in [0.717, 1.165) is 12.8 Å². The van der Waals surface area contributed by atoms with E-state index < -0.39 is 0 Å². The second-order valence-corrected chi connectivity index (χ2v) is 5.95. The Morgan fingerprint density at radius 1 is 1.27 bits per heavy atom. The van der Waals surface area contributed by atoms with Gasteiger partial charge < -0.3 is 5.73 Å². The highest BCUT2D eigenvalue weighted by molar-refractivity contribution is 5.06. The maximum atomic E-state index is 5.95. The fourth-order valence-corrected chi connectivity index (χ4v) is 1.32. The molecule has 3 heteroatoms. The van der Waals surface area contributed by atoms with Gasteiger partial charge in [-0.25, -0.2) is 0 Å².